The number of amides is 1. The summed E-state index contributed by atoms with van der Waals surface area (Å²) < 4.78 is 10.7. The van der Waals surface area contributed by atoms with Gasteiger partial charge in [0.25, 0.3) is 0 Å². The first kappa shape index (κ1) is 28.7. The van der Waals surface area contributed by atoms with Crippen molar-refractivity contribution in [3.8, 4) is 0 Å². The van der Waals surface area contributed by atoms with Gasteiger partial charge >= 0.3 is 5.97 Å². The third-order valence-electron chi connectivity index (χ3n) is 7.74. The Morgan fingerprint density at radius 1 is 1.18 bits per heavy atom. The van der Waals surface area contributed by atoms with E-state index in [1.165, 1.54) is 13.5 Å². The number of rotatable bonds is 15. The molecule has 0 aromatic rings. The fourth-order valence-corrected chi connectivity index (χ4v) is 4.89. The quantitative estimate of drug-likeness (QED) is 0.284. The van der Waals surface area contributed by atoms with Crippen LogP contribution < -0.4 is 5.32 Å². The number of likely N-dealkylation sites (tertiary alicyclic amines) is 1. The molecule has 1 aliphatic carbocycles. The van der Waals surface area contributed by atoms with Gasteiger partial charge in [0, 0.05) is 39.2 Å². The molecular formula is C26H47N3O5. The zero-order valence-electron chi connectivity index (χ0n) is 22.1. The molecule has 1 heterocycles. The minimum absolute atomic E-state index is 0.150. The molecule has 1 saturated heterocycles. The van der Waals surface area contributed by atoms with Gasteiger partial charge in [0.2, 0.25) is 5.91 Å². The third-order valence-corrected chi connectivity index (χ3v) is 7.74. The van der Waals surface area contributed by atoms with Gasteiger partial charge in [-0.3, -0.25) is 19.3 Å². The van der Waals surface area contributed by atoms with Crippen LogP contribution in [0.5, 0.6) is 0 Å². The summed E-state index contributed by atoms with van der Waals surface area (Å²) in [7, 11) is 3.64. The first-order chi connectivity index (χ1) is 16.2. The van der Waals surface area contributed by atoms with Crippen molar-refractivity contribution in [3.63, 3.8) is 0 Å². The van der Waals surface area contributed by atoms with Crippen molar-refractivity contribution in [2.45, 2.75) is 83.7 Å². The Labute approximate surface area is 206 Å². The van der Waals surface area contributed by atoms with E-state index in [1.54, 1.807) is 6.92 Å². The molecule has 0 spiro atoms. The van der Waals surface area contributed by atoms with Crippen molar-refractivity contribution < 1.29 is 23.9 Å². The summed E-state index contributed by atoms with van der Waals surface area (Å²) in [6.07, 6.45) is 7.54. The summed E-state index contributed by atoms with van der Waals surface area (Å²) in [6, 6.07) is 0.493. The highest BCUT2D eigenvalue weighted by Crippen LogP contribution is 2.30. The lowest BCUT2D eigenvalue weighted by Crippen LogP contribution is -2.59. The third kappa shape index (κ3) is 8.31. The van der Waals surface area contributed by atoms with E-state index < -0.39 is 11.9 Å². The van der Waals surface area contributed by atoms with Gasteiger partial charge in [-0.25, -0.2) is 0 Å². The van der Waals surface area contributed by atoms with Crippen molar-refractivity contribution in [2.24, 2.45) is 11.8 Å². The standard InChI is InChI=1S/C26H47N3O5/c1-6-8-20(2)18-28(4)26(19-34-25(32)21(3)23(30)11-16-33-5)12-14-29(15-13-26)24(31)17-27-22-9-7-10-22/h20-22,27H,6-19H2,1-5H3. The summed E-state index contributed by atoms with van der Waals surface area (Å²) in [6.45, 7) is 9.20. The van der Waals surface area contributed by atoms with E-state index in [0.717, 1.165) is 45.1 Å². The number of likely N-dealkylation sites (N-methyl/N-ethyl adjacent to an activating group) is 1. The number of ether oxygens (including phenoxy) is 2. The maximum atomic E-state index is 12.7. The maximum absolute atomic E-state index is 12.7. The lowest BCUT2D eigenvalue weighted by molar-refractivity contribution is -0.157. The van der Waals surface area contributed by atoms with Crippen molar-refractivity contribution >= 4 is 17.7 Å². The predicted octanol–water partition coefficient (Wildman–Crippen LogP) is 2.64. The SMILES string of the molecule is CCCC(C)CN(C)C1(COC(=O)C(C)C(=O)CCOC)CCN(C(=O)CNC2CCC2)CC1. The van der Waals surface area contributed by atoms with Crippen molar-refractivity contribution in [1.82, 2.24) is 15.1 Å². The van der Waals surface area contributed by atoms with Gasteiger partial charge in [0.05, 0.1) is 18.7 Å². The van der Waals surface area contributed by atoms with Gasteiger partial charge < -0.3 is 19.7 Å². The van der Waals surface area contributed by atoms with E-state index in [2.05, 4.69) is 31.1 Å². The molecule has 2 aliphatic rings. The molecule has 8 heteroatoms. The number of Topliss-reactive ketones (excluding diaryl/α,β-unsaturated/α-hetero) is 1. The Balaban J connectivity index is 1.97. The van der Waals surface area contributed by atoms with Crippen molar-refractivity contribution in [2.75, 3.05) is 53.6 Å². The number of carbonyl (C=O) groups excluding carboxylic acids is 3. The predicted molar refractivity (Wildman–Crippen MR) is 133 cm³/mol. The summed E-state index contributed by atoms with van der Waals surface area (Å²) in [5, 5.41) is 3.37. The minimum Gasteiger partial charge on any atom is -0.463 e. The summed E-state index contributed by atoms with van der Waals surface area (Å²) in [4.78, 5) is 41.9. The first-order valence-electron chi connectivity index (χ1n) is 13.1. The highest BCUT2D eigenvalue weighted by molar-refractivity contribution is 5.98. The number of hydrogen-bond donors (Lipinski definition) is 1. The average molecular weight is 482 g/mol. The molecule has 8 nitrogen and oxygen atoms in total. The van der Waals surface area contributed by atoms with Crippen LogP contribution >= 0.6 is 0 Å². The number of ketones is 1. The van der Waals surface area contributed by atoms with Gasteiger partial charge in [0.15, 0.2) is 0 Å². The van der Waals surface area contributed by atoms with Gasteiger partial charge in [-0.15, -0.1) is 0 Å². The molecule has 2 fully saturated rings. The number of esters is 1. The van der Waals surface area contributed by atoms with E-state index in [4.69, 9.17) is 9.47 Å². The van der Waals surface area contributed by atoms with Crippen LogP contribution in [0.25, 0.3) is 0 Å². The second-order valence-electron chi connectivity index (χ2n) is 10.4. The molecule has 1 amide bonds. The Morgan fingerprint density at radius 3 is 2.41 bits per heavy atom. The van der Waals surface area contributed by atoms with Gasteiger partial charge in [0.1, 0.15) is 18.3 Å². The molecule has 0 aromatic carbocycles. The molecule has 0 bridgehead atoms. The van der Waals surface area contributed by atoms with Crippen LogP contribution in [0.3, 0.4) is 0 Å². The van der Waals surface area contributed by atoms with E-state index in [0.29, 0.717) is 38.2 Å². The molecule has 196 valence electrons. The average Bonchev–Trinajstić information content (AvgIpc) is 2.79. The topological polar surface area (TPSA) is 88.2 Å². The number of piperidine rings is 1. The van der Waals surface area contributed by atoms with Crippen LogP contribution in [0, 0.1) is 11.8 Å². The molecule has 34 heavy (non-hydrogen) atoms. The summed E-state index contributed by atoms with van der Waals surface area (Å²) in [5.74, 6) is -0.750. The highest BCUT2D eigenvalue weighted by atomic mass is 16.5. The van der Waals surface area contributed by atoms with Crippen molar-refractivity contribution in [1.29, 1.82) is 0 Å². The highest BCUT2D eigenvalue weighted by Gasteiger charge is 2.41. The molecule has 2 atom stereocenters. The Morgan fingerprint density at radius 2 is 1.85 bits per heavy atom. The fourth-order valence-electron chi connectivity index (χ4n) is 4.89. The lowest BCUT2D eigenvalue weighted by atomic mass is 9.85. The molecule has 1 aliphatic heterocycles. The van der Waals surface area contributed by atoms with Crippen molar-refractivity contribution in [3.05, 3.63) is 0 Å². The summed E-state index contributed by atoms with van der Waals surface area (Å²) in [5.41, 5.74) is -0.328. The monoisotopic (exact) mass is 481 g/mol. The molecular weight excluding hydrogens is 434 g/mol. The Kier molecular flexibility index (Phi) is 12.0. The number of nitrogens with one attached hydrogen (secondary N) is 1. The molecule has 1 N–H and O–H groups in total. The number of nitrogens with zero attached hydrogens (tertiary/aromatic N) is 2. The smallest absolute Gasteiger partial charge is 0.316 e. The lowest BCUT2D eigenvalue weighted by Gasteiger charge is -2.48. The number of carbonyl (C=O) groups is 3. The molecule has 2 rings (SSSR count). The van der Waals surface area contributed by atoms with E-state index >= 15 is 0 Å². The van der Waals surface area contributed by atoms with Crippen LogP contribution in [0.4, 0.5) is 0 Å². The molecule has 1 saturated carbocycles. The second-order valence-corrected chi connectivity index (χ2v) is 10.4. The van der Waals surface area contributed by atoms with E-state index in [-0.39, 0.29) is 30.3 Å². The largest absolute Gasteiger partial charge is 0.463 e. The fraction of sp³-hybridized carbons (Fsp3) is 0.885. The normalized spacial score (nSPS) is 20.0. The van der Waals surface area contributed by atoms with Crippen LogP contribution in [-0.2, 0) is 23.9 Å². The zero-order chi connectivity index (χ0) is 25.1. The van der Waals surface area contributed by atoms with E-state index in [9.17, 15) is 14.4 Å². The van der Waals surface area contributed by atoms with Crippen LogP contribution in [0.15, 0.2) is 0 Å². The summed E-state index contributed by atoms with van der Waals surface area (Å²) >= 11 is 0. The van der Waals surface area contributed by atoms with Gasteiger partial charge in [-0.1, -0.05) is 26.7 Å². The molecule has 2 unspecified atom stereocenters. The Hall–Kier alpha value is -1.51. The zero-order valence-corrected chi connectivity index (χ0v) is 22.1. The maximum Gasteiger partial charge on any atom is 0.316 e. The van der Waals surface area contributed by atoms with Crippen LogP contribution in [0.1, 0.15) is 72.1 Å². The molecule has 0 radical (unpaired) electrons. The van der Waals surface area contributed by atoms with Crippen LogP contribution in [0.2, 0.25) is 0 Å². The first-order valence-corrected chi connectivity index (χ1v) is 13.1. The van der Waals surface area contributed by atoms with Crippen LogP contribution in [-0.4, -0.2) is 92.6 Å². The van der Waals surface area contributed by atoms with E-state index in [1.807, 2.05) is 4.90 Å². The Bertz CT molecular complexity index is 659. The number of hydrogen-bond acceptors (Lipinski definition) is 7. The van der Waals surface area contributed by atoms with Gasteiger partial charge in [-0.2, -0.15) is 0 Å². The minimum atomic E-state index is -0.796. The second kappa shape index (κ2) is 14.1. The van der Waals surface area contributed by atoms with Gasteiger partial charge in [-0.05, 0) is 52.0 Å². The molecule has 0 aromatic heterocycles. The number of methoxy groups -OCH3 is 1.